The Hall–Kier alpha value is -1.44. The number of methoxy groups -OCH3 is 1. The number of aromatic nitrogens is 2. The van der Waals surface area contributed by atoms with Gasteiger partial charge < -0.3 is 20.2 Å². The van der Waals surface area contributed by atoms with Gasteiger partial charge >= 0.3 is 0 Å². The number of hydrogen-bond donors (Lipinski definition) is 3. The monoisotopic (exact) mass is 297 g/mol. The standard InChI is InChI=1S/C14H27N5O2/c1-4-6-12-17-13(11(2)14(18-12)19-15)16-7-5-8-21-10-9-20-3/h4-10,15H2,1-3H3,(H2,16,17,18,19). The van der Waals surface area contributed by atoms with Crippen LogP contribution in [0, 0.1) is 6.92 Å². The average molecular weight is 297 g/mol. The summed E-state index contributed by atoms with van der Waals surface area (Å²) in [4.78, 5) is 8.93. The summed E-state index contributed by atoms with van der Waals surface area (Å²) in [6, 6.07) is 0. The highest BCUT2D eigenvalue weighted by molar-refractivity contribution is 5.56. The number of nitrogens with one attached hydrogen (secondary N) is 2. The van der Waals surface area contributed by atoms with Gasteiger partial charge in [-0.1, -0.05) is 6.92 Å². The molecular formula is C14H27N5O2. The number of nitrogens with two attached hydrogens (primary N) is 1. The van der Waals surface area contributed by atoms with E-state index in [0.717, 1.165) is 43.0 Å². The van der Waals surface area contributed by atoms with Crippen molar-refractivity contribution in [3.63, 3.8) is 0 Å². The predicted molar refractivity (Wildman–Crippen MR) is 84.4 cm³/mol. The van der Waals surface area contributed by atoms with Crippen molar-refractivity contribution >= 4 is 11.6 Å². The van der Waals surface area contributed by atoms with Crippen LogP contribution in [0.25, 0.3) is 0 Å². The van der Waals surface area contributed by atoms with Crippen molar-refractivity contribution in [2.24, 2.45) is 5.84 Å². The lowest BCUT2D eigenvalue weighted by atomic mass is 10.2. The van der Waals surface area contributed by atoms with Crippen LogP contribution in [0.2, 0.25) is 0 Å². The molecule has 7 nitrogen and oxygen atoms in total. The van der Waals surface area contributed by atoms with Crippen LogP contribution in [-0.2, 0) is 15.9 Å². The molecule has 0 saturated heterocycles. The molecule has 0 saturated carbocycles. The fraction of sp³-hybridized carbons (Fsp3) is 0.714. The zero-order chi connectivity index (χ0) is 15.5. The lowest BCUT2D eigenvalue weighted by molar-refractivity contribution is 0.0705. The molecule has 0 radical (unpaired) electrons. The van der Waals surface area contributed by atoms with Crippen LogP contribution in [0.1, 0.15) is 31.2 Å². The minimum absolute atomic E-state index is 0.629. The van der Waals surface area contributed by atoms with Crippen LogP contribution in [0.15, 0.2) is 0 Å². The third-order valence-electron chi connectivity index (χ3n) is 2.99. The topological polar surface area (TPSA) is 94.3 Å². The normalized spacial score (nSPS) is 10.7. The molecular weight excluding hydrogens is 270 g/mol. The van der Waals surface area contributed by atoms with Gasteiger partial charge in [-0.2, -0.15) is 0 Å². The van der Waals surface area contributed by atoms with Gasteiger partial charge in [-0.3, -0.25) is 0 Å². The molecule has 0 bridgehead atoms. The molecule has 0 atom stereocenters. The first kappa shape index (κ1) is 17.6. The molecule has 0 amide bonds. The van der Waals surface area contributed by atoms with E-state index in [-0.39, 0.29) is 0 Å². The summed E-state index contributed by atoms with van der Waals surface area (Å²) in [6.07, 6.45) is 2.74. The molecule has 0 aliphatic heterocycles. The fourth-order valence-corrected chi connectivity index (χ4v) is 1.84. The maximum Gasteiger partial charge on any atom is 0.148 e. The third kappa shape index (κ3) is 6.24. The van der Waals surface area contributed by atoms with Gasteiger partial charge in [0, 0.05) is 32.2 Å². The van der Waals surface area contributed by atoms with Crippen molar-refractivity contribution in [2.75, 3.05) is 44.2 Å². The molecule has 4 N–H and O–H groups in total. The highest BCUT2D eigenvalue weighted by atomic mass is 16.5. The van der Waals surface area contributed by atoms with Crippen LogP contribution in [-0.4, -0.2) is 43.4 Å². The molecule has 0 unspecified atom stereocenters. The maximum atomic E-state index is 5.51. The smallest absolute Gasteiger partial charge is 0.148 e. The number of nitrogens with zero attached hydrogens (tertiary/aromatic N) is 2. The predicted octanol–water partition coefficient (Wildman–Crippen LogP) is 1.49. The number of aryl methyl sites for hydroxylation is 1. The van der Waals surface area contributed by atoms with E-state index in [1.165, 1.54) is 0 Å². The number of ether oxygens (including phenoxy) is 2. The van der Waals surface area contributed by atoms with Crippen molar-refractivity contribution < 1.29 is 9.47 Å². The van der Waals surface area contributed by atoms with E-state index in [0.29, 0.717) is 25.6 Å². The Labute approximate surface area is 126 Å². The summed E-state index contributed by atoms with van der Waals surface area (Å²) in [7, 11) is 1.67. The van der Waals surface area contributed by atoms with Gasteiger partial charge in [-0.05, 0) is 19.8 Å². The maximum absolute atomic E-state index is 5.51. The fourth-order valence-electron chi connectivity index (χ4n) is 1.84. The van der Waals surface area contributed by atoms with Gasteiger partial charge in [0.1, 0.15) is 17.5 Å². The van der Waals surface area contributed by atoms with E-state index in [2.05, 4.69) is 27.6 Å². The van der Waals surface area contributed by atoms with Crippen LogP contribution < -0.4 is 16.6 Å². The Balaban J connectivity index is 2.47. The van der Waals surface area contributed by atoms with Gasteiger partial charge in [0.05, 0.1) is 13.2 Å². The second-order valence-corrected chi connectivity index (χ2v) is 4.74. The number of hydrogen-bond acceptors (Lipinski definition) is 7. The SMILES string of the molecule is CCCc1nc(NN)c(C)c(NCCCOCCOC)n1. The van der Waals surface area contributed by atoms with E-state index in [1.54, 1.807) is 7.11 Å². The van der Waals surface area contributed by atoms with E-state index in [9.17, 15) is 0 Å². The van der Waals surface area contributed by atoms with Gasteiger partial charge in [-0.25, -0.2) is 15.8 Å². The molecule has 1 rings (SSSR count). The quantitative estimate of drug-likeness (QED) is 0.323. The van der Waals surface area contributed by atoms with Gasteiger partial charge in [-0.15, -0.1) is 0 Å². The Kier molecular flexibility index (Phi) is 8.65. The summed E-state index contributed by atoms with van der Waals surface area (Å²) < 4.78 is 10.3. The van der Waals surface area contributed by atoms with E-state index in [4.69, 9.17) is 15.3 Å². The molecule has 0 aliphatic carbocycles. The van der Waals surface area contributed by atoms with Gasteiger partial charge in [0.2, 0.25) is 0 Å². The highest BCUT2D eigenvalue weighted by Gasteiger charge is 2.09. The van der Waals surface area contributed by atoms with Crippen molar-refractivity contribution in [3.8, 4) is 0 Å². The zero-order valence-electron chi connectivity index (χ0n) is 13.2. The Morgan fingerprint density at radius 2 is 1.90 bits per heavy atom. The molecule has 0 aliphatic rings. The molecule has 0 spiro atoms. The first-order valence-electron chi connectivity index (χ1n) is 7.37. The lowest BCUT2D eigenvalue weighted by Crippen LogP contribution is -2.16. The molecule has 0 fully saturated rings. The second-order valence-electron chi connectivity index (χ2n) is 4.74. The van der Waals surface area contributed by atoms with E-state index in [1.807, 2.05) is 6.92 Å². The molecule has 1 aromatic heterocycles. The van der Waals surface area contributed by atoms with Crippen molar-refractivity contribution in [1.29, 1.82) is 0 Å². The van der Waals surface area contributed by atoms with Crippen molar-refractivity contribution in [3.05, 3.63) is 11.4 Å². The largest absolute Gasteiger partial charge is 0.382 e. The summed E-state index contributed by atoms with van der Waals surface area (Å²) in [5.41, 5.74) is 3.56. The molecule has 7 heteroatoms. The summed E-state index contributed by atoms with van der Waals surface area (Å²) in [5.74, 6) is 7.81. The van der Waals surface area contributed by atoms with Gasteiger partial charge in [0.25, 0.3) is 0 Å². The number of rotatable bonds is 11. The van der Waals surface area contributed by atoms with Crippen LogP contribution >= 0.6 is 0 Å². The van der Waals surface area contributed by atoms with Crippen molar-refractivity contribution in [2.45, 2.75) is 33.1 Å². The summed E-state index contributed by atoms with van der Waals surface area (Å²) in [6.45, 7) is 6.80. The average Bonchev–Trinajstić information content (AvgIpc) is 2.49. The van der Waals surface area contributed by atoms with Crippen LogP contribution in [0.3, 0.4) is 0 Å². The first-order valence-corrected chi connectivity index (χ1v) is 7.37. The summed E-state index contributed by atoms with van der Waals surface area (Å²) in [5, 5.41) is 3.32. The minimum Gasteiger partial charge on any atom is -0.382 e. The second kappa shape index (κ2) is 10.3. The number of anilines is 2. The zero-order valence-corrected chi connectivity index (χ0v) is 13.2. The molecule has 0 aromatic carbocycles. The molecule has 120 valence electrons. The van der Waals surface area contributed by atoms with Crippen LogP contribution in [0.5, 0.6) is 0 Å². The third-order valence-corrected chi connectivity index (χ3v) is 2.99. The molecule has 1 aromatic rings. The summed E-state index contributed by atoms with van der Waals surface area (Å²) >= 11 is 0. The Bertz CT molecular complexity index is 415. The highest BCUT2D eigenvalue weighted by Crippen LogP contribution is 2.19. The Morgan fingerprint density at radius 3 is 2.57 bits per heavy atom. The van der Waals surface area contributed by atoms with E-state index >= 15 is 0 Å². The van der Waals surface area contributed by atoms with Crippen molar-refractivity contribution in [1.82, 2.24) is 9.97 Å². The minimum atomic E-state index is 0.629. The first-order chi connectivity index (χ1) is 10.2. The Morgan fingerprint density at radius 1 is 1.14 bits per heavy atom. The number of nitrogen functional groups attached to an aromatic ring is 1. The molecule has 1 heterocycles. The number of hydrazine groups is 1. The van der Waals surface area contributed by atoms with Crippen LogP contribution in [0.4, 0.5) is 11.6 Å². The van der Waals surface area contributed by atoms with Gasteiger partial charge in [0.15, 0.2) is 0 Å². The molecule has 21 heavy (non-hydrogen) atoms. The van der Waals surface area contributed by atoms with E-state index < -0.39 is 0 Å². The lowest BCUT2D eigenvalue weighted by Gasteiger charge is -2.13.